The fraction of sp³-hybridized carbons (Fsp3) is 0.360. The van der Waals surface area contributed by atoms with Gasteiger partial charge in [0.25, 0.3) is 11.5 Å². The number of amides is 1. The first-order valence-electron chi connectivity index (χ1n) is 10.6. The van der Waals surface area contributed by atoms with Crippen LogP contribution in [0.25, 0.3) is 16.5 Å². The van der Waals surface area contributed by atoms with Crippen LogP contribution in [0, 0.1) is 13.8 Å². The average Bonchev–Trinajstić information content (AvgIpc) is 2.99. The Morgan fingerprint density at radius 2 is 1.62 bits per heavy atom. The van der Waals surface area contributed by atoms with Gasteiger partial charge >= 0.3 is 0 Å². The Kier molecular flexibility index (Phi) is 5.52. The first kappa shape index (κ1) is 19.4. The fourth-order valence-corrected chi connectivity index (χ4v) is 4.23. The van der Waals surface area contributed by atoms with Gasteiger partial charge in [-0.2, -0.15) is 0 Å². The van der Waals surface area contributed by atoms with Crippen molar-refractivity contribution < 1.29 is 4.79 Å². The molecule has 2 aromatic carbocycles. The molecule has 0 saturated heterocycles. The van der Waals surface area contributed by atoms with E-state index in [0.29, 0.717) is 16.3 Å². The summed E-state index contributed by atoms with van der Waals surface area (Å²) in [6, 6.07) is 13.6. The first-order valence-corrected chi connectivity index (χ1v) is 10.6. The van der Waals surface area contributed by atoms with E-state index in [0.717, 1.165) is 36.9 Å². The van der Waals surface area contributed by atoms with Gasteiger partial charge in [0, 0.05) is 28.7 Å². The molecule has 0 bridgehead atoms. The predicted molar refractivity (Wildman–Crippen MR) is 118 cm³/mol. The lowest BCUT2D eigenvalue weighted by molar-refractivity contribution is 0.0934. The summed E-state index contributed by atoms with van der Waals surface area (Å²) in [5.74, 6) is -0.0920. The maximum atomic E-state index is 13.2. The molecule has 0 atom stereocenters. The molecule has 1 N–H and O–H groups in total. The molecular formula is C25H28N2O2. The highest BCUT2D eigenvalue weighted by atomic mass is 16.2. The van der Waals surface area contributed by atoms with Crippen LogP contribution in [-0.4, -0.2) is 16.5 Å². The number of rotatable bonds is 3. The highest BCUT2D eigenvalue weighted by Crippen LogP contribution is 2.21. The van der Waals surface area contributed by atoms with E-state index in [1.54, 1.807) is 16.8 Å². The average molecular weight is 389 g/mol. The fourth-order valence-electron chi connectivity index (χ4n) is 4.23. The molecule has 150 valence electrons. The van der Waals surface area contributed by atoms with Crippen LogP contribution in [0.4, 0.5) is 0 Å². The lowest BCUT2D eigenvalue weighted by Crippen LogP contribution is -2.35. The van der Waals surface area contributed by atoms with Crippen LogP contribution in [0.2, 0.25) is 0 Å². The van der Waals surface area contributed by atoms with Crippen molar-refractivity contribution in [2.24, 2.45) is 0 Å². The molecule has 29 heavy (non-hydrogen) atoms. The molecule has 4 nitrogen and oxygen atoms in total. The van der Waals surface area contributed by atoms with Gasteiger partial charge in [-0.25, -0.2) is 0 Å². The normalized spacial score (nSPS) is 15.2. The third-order valence-electron chi connectivity index (χ3n) is 6.13. The number of nitrogens with one attached hydrogen (secondary N) is 1. The maximum Gasteiger partial charge on any atom is 0.262 e. The van der Waals surface area contributed by atoms with E-state index < -0.39 is 0 Å². The molecule has 0 aliphatic heterocycles. The van der Waals surface area contributed by atoms with E-state index in [-0.39, 0.29) is 17.5 Å². The number of nitrogens with zero attached hydrogens (tertiary/aromatic N) is 1. The van der Waals surface area contributed by atoms with Gasteiger partial charge in [-0.3, -0.25) is 14.2 Å². The Hall–Kier alpha value is -2.88. The molecule has 0 unspecified atom stereocenters. The van der Waals surface area contributed by atoms with Crippen molar-refractivity contribution in [2.75, 3.05) is 0 Å². The third kappa shape index (κ3) is 3.98. The van der Waals surface area contributed by atoms with Crippen molar-refractivity contribution in [3.05, 3.63) is 75.7 Å². The number of carbonyl (C=O) groups excluding carboxylic acids is 1. The van der Waals surface area contributed by atoms with E-state index in [1.807, 2.05) is 50.2 Å². The summed E-state index contributed by atoms with van der Waals surface area (Å²) in [6.07, 6.45) is 8.57. The standard InChI is InChI=1S/C25H28N2O2/c1-17-13-14-20(15-18(17)2)27-16-23(21-11-7-8-12-22(21)25(27)29)24(28)26-19-9-5-3-4-6-10-19/h7-8,11-16,19H,3-6,9-10H2,1-2H3,(H,26,28). The summed E-state index contributed by atoms with van der Waals surface area (Å²) in [4.78, 5) is 26.4. The Morgan fingerprint density at radius 3 is 2.31 bits per heavy atom. The second-order valence-corrected chi connectivity index (χ2v) is 8.19. The molecule has 1 aliphatic carbocycles. The minimum Gasteiger partial charge on any atom is -0.349 e. The minimum atomic E-state index is -0.102. The molecule has 0 spiro atoms. The van der Waals surface area contributed by atoms with Crippen LogP contribution in [0.3, 0.4) is 0 Å². The third-order valence-corrected chi connectivity index (χ3v) is 6.13. The number of aromatic nitrogens is 1. The van der Waals surface area contributed by atoms with Crippen LogP contribution < -0.4 is 10.9 Å². The van der Waals surface area contributed by atoms with Gasteiger partial charge in [-0.1, -0.05) is 49.9 Å². The van der Waals surface area contributed by atoms with Gasteiger partial charge < -0.3 is 5.32 Å². The lowest BCUT2D eigenvalue weighted by Gasteiger charge is -2.18. The Labute approximate surface area is 171 Å². The highest BCUT2D eigenvalue weighted by molar-refractivity contribution is 6.06. The molecule has 1 saturated carbocycles. The molecule has 4 rings (SSSR count). The van der Waals surface area contributed by atoms with E-state index in [4.69, 9.17) is 0 Å². The lowest BCUT2D eigenvalue weighted by atomic mass is 10.0. The zero-order valence-electron chi connectivity index (χ0n) is 17.2. The predicted octanol–water partition coefficient (Wildman–Crippen LogP) is 5.06. The number of carbonyl (C=O) groups is 1. The molecule has 1 fully saturated rings. The van der Waals surface area contributed by atoms with Gasteiger partial charge in [-0.05, 0) is 56.0 Å². The summed E-state index contributed by atoms with van der Waals surface area (Å²) in [5.41, 5.74) is 3.53. The molecule has 4 heteroatoms. The van der Waals surface area contributed by atoms with Crippen molar-refractivity contribution in [2.45, 2.75) is 58.4 Å². The van der Waals surface area contributed by atoms with Crippen LogP contribution in [-0.2, 0) is 0 Å². The first-order chi connectivity index (χ1) is 14.0. The van der Waals surface area contributed by atoms with E-state index >= 15 is 0 Å². The van der Waals surface area contributed by atoms with Crippen molar-refractivity contribution in [1.29, 1.82) is 0 Å². The molecule has 3 aromatic rings. The highest BCUT2D eigenvalue weighted by Gasteiger charge is 2.19. The van der Waals surface area contributed by atoms with E-state index in [9.17, 15) is 9.59 Å². The van der Waals surface area contributed by atoms with Crippen LogP contribution in [0.5, 0.6) is 0 Å². The number of hydrogen-bond acceptors (Lipinski definition) is 2. The van der Waals surface area contributed by atoms with Gasteiger partial charge in [0.05, 0.1) is 5.56 Å². The van der Waals surface area contributed by atoms with Crippen LogP contribution >= 0.6 is 0 Å². The van der Waals surface area contributed by atoms with Crippen LogP contribution in [0.1, 0.15) is 60.0 Å². The van der Waals surface area contributed by atoms with Crippen molar-refractivity contribution >= 4 is 16.7 Å². The van der Waals surface area contributed by atoms with Crippen LogP contribution in [0.15, 0.2) is 53.5 Å². The Balaban J connectivity index is 1.80. The van der Waals surface area contributed by atoms with E-state index in [2.05, 4.69) is 5.32 Å². The van der Waals surface area contributed by atoms with Crippen molar-refractivity contribution in [3.63, 3.8) is 0 Å². The number of aryl methyl sites for hydroxylation is 2. The second kappa shape index (κ2) is 8.24. The molecule has 1 heterocycles. The number of pyridine rings is 1. The van der Waals surface area contributed by atoms with E-state index in [1.165, 1.54) is 18.4 Å². The Bertz CT molecular complexity index is 1110. The number of benzene rings is 2. The number of fused-ring (bicyclic) bond motifs is 1. The summed E-state index contributed by atoms with van der Waals surface area (Å²) in [7, 11) is 0. The van der Waals surface area contributed by atoms with Gasteiger partial charge in [0.2, 0.25) is 0 Å². The molecule has 1 aliphatic rings. The monoisotopic (exact) mass is 388 g/mol. The topological polar surface area (TPSA) is 51.1 Å². The number of hydrogen-bond donors (Lipinski definition) is 1. The summed E-state index contributed by atoms with van der Waals surface area (Å²) >= 11 is 0. The molecule has 0 radical (unpaired) electrons. The van der Waals surface area contributed by atoms with Gasteiger partial charge in [0.15, 0.2) is 0 Å². The Morgan fingerprint density at radius 1 is 0.931 bits per heavy atom. The maximum absolute atomic E-state index is 13.2. The largest absolute Gasteiger partial charge is 0.349 e. The molecule has 1 aromatic heterocycles. The SMILES string of the molecule is Cc1ccc(-n2cc(C(=O)NC3CCCCCC3)c3ccccc3c2=O)cc1C. The minimum absolute atomic E-state index is 0.0920. The zero-order chi connectivity index (χ0) is 20.4. The second-order valence-electron chi connectivity index (χ2n) is 8.19. The molecule has 1 amide bonds. The zero-order valence-corrected chi connectivity index (χ0v) is 17.2. The quantitative estimate of drug-likeness (QED) is 0.638. The summed E-state index contributed by atoms with van der Waals surface area (Å²) in [5, 5.41) is 4.51. The molecular weight excluding hydrogens is 360 g/mol. The van der Waals surface area contributed by atoms with Crippen molar-refractivity contribution in [1.82, 2.24) is 9.88 Å². The summed E-state index contributed by atoms with van der Waals surface area (Å²) < 4.78 is 1.61. The van der Waals surface area contributed by atoms with Crippen molar-refractivity contribution in [3.8, 4) is 5.69 Å². The summed E-state index contributed by atoms with van der Waals surface area (Å²) in [6.45, 7) is 4.08. The van der Waals surface area contributed by atoms with Gasteiger partial charge in [0.1, 0.15) is 0 Å². The van der Waals surface area contributed by atoms with Gasteiger partial charge in [-0.15, -0.1) is 0 Å². The smallest absolute Gasteiger partial charge is 0.262 e.